The molecule has 0 aliphatic carbocycles. The summed E-state index contributed by atoms with van der Waals surface area (Å²) in [6.45, 7) is 0. The number of hydrogen-bond donors (Lipinski definition) is 1. The van der Waals surface area contributed by atoms with Crippen molar-refractivity contribution in [3.8, 4) is 5.75 Å². The lowest BCUT2D eigenvalue weighted by Crippen LogP contribution is -2.38. The summed E-state index contributed by atoms with van der Waals surface area (Å²) in [5.41, 5.74) is 0.914. The molecule has 8 heteroatoms. The number of ether oxygens (including phenoxy) is 1. The SMILES string of the molecule is COc1ccc(Cl)cc1NC(=O)[C@H](c1ccccc1)N(C)S(C)(=O)=O. The van der Waals surface area contributed by atoms with Crippen molar-refractivity contribution >= 4 is 33.2 Å². The van der Waals surface area contributed by atoms with E-state index >= 15 is 0 Å². The lowest BCUT2D eigenvalue weighted by molar-refractivity contribution is -0.119. The van der Waals surface area contributed by atoms with Crippen LogP contribution in [-0.2, 0) is 14.8 Å². The van der Waals surface area contributed by atoms with Crippen molar-refractivity contribution in [1.82, 2.24) is 4.31 Å². The number of amides is 1. The van der Waals surface area contributed by atoms with Crippen molar-refractivity contribution in [3.63, 3.8) is 0 Å². The minimum atomic E-state index is -3.60. The van der Waals surface area contributed by atoms with Crippen LogP contribution in [0.5, 0.6) is 5.75 Å². The van der Waals surface area contributed by atoms with Gasteiger partial charge in [0.1, 0.15) is 11.8 Å². The van der Waals surface area contributed by atoms with Gasteiger partial charge in [0, 0.05) is 12.1 Å². The van der Waals surface area contributed by atoms with Gasteiger partial charge in [0.05, 0.1) is 19.1 Å². The molecule has 0 saturated carbocycles. The number of hydrogen-bond acceptors (Lipinski definition) is 4. The monoisotopic (exact) mass is 382 g/mol. The van der Waals surface area contributed by atoms with Crippen LogP contribution in [0.4, 0.5) is 5.69 Å². The van der Waals surface area contributed by atoms with Crippen LogP contribution >= 0.6 is 11.6 Å². The van der Waals surface area contributed by atoms with Crippen LogP contribution in [0.25, 0.3) is 0 Å². The van der Waals surface area contributed by atoms with Gasteiger partial charge in [0.2, 0.25) is 15.9 Å². The molecule has 0 aromatic heterocycles. The average molecular weight is 383 g/mol. The van der Waals surface area contributed by atoms with E-state index in [-0.39, 0.29) is 0 Å². The summed E-state index contributed by atoms with van der Waals surface area (Å²) in [5, 5.41) is 3.12. The highest BCUT2D eigenvalue weighted by atomic mass is 35.5. The molecule has 1 atom stereocenters. The Kier molecular flexibility index (Phi) is 6.05. The standard InChI is InChI=1S/C17H19ClN2O4S/c1-20(25(3,22)23)16(12-7-5-4-6-8-12)17(21)19-14-11-13(18)9-10-15(14)24-2/h4-11,16H,1-3H3,(H,19,21)/t16-/m0/s1. The second kappa shape index (κ2) is 7.86. The van der Waals surface area contributed by atoms with Crippen LogP contribution in [0.15, 0.2) is 48.5 Å². The second-order valence-corrected chi connectivity index (χ2v) is 7.90. The number of carbonyl (C=O) groups is 1. The number of halogens is 1. The normalized spacial score (nSPS) is 12.7. The Morgan fingerprint density at radius 2 is 1.84 bits per heavy atom. The zero-order valence-corrected chi connectivity index (χ0v) is 15.6. The molecular weight excluding hydrogens is 364 g/mol. The van der Waals surface area contributed by atoms with Crippen LogP contribution in [0.1, 0.15) is 11.6 Å². The van der Waals surface area contributed by atoms with E-state index in [1.807, 2.05) is 0 Å². The molecule has 0 fully saturated rings. The second-order valence-electron chi connectivity index (χ2n) is 5.43. The fourth-order valence-electron chi connectivity index (χ4n) is 2.33. The molecule has 0 bridgehead atoms. The van der Waals surface area contributed by atoms with E-state index in [9.17, 15) is 13.2 Å². The predicted octanol–water partition coefficient (Wildman–Crippen LogP) is 2.92. The van der Waals surface area contributed by atoms with Crippen LogP contribution in [0, 0.1) is 0 Å². The first kappa shape index (κ1) is 19.2. The molecule has 0 heterocycles. The van der Waals surface area contributed by atoms with E-state index in [1.54, 1.807) is 48.5 Å². The summed E-state index contributed by atoms with van der Waals surface area (Å²) in [6, 6.07) is 12.4. The van der Waals surface area contributed by atoms with Crippen molar-refractivity contribution < 1.29 is 17.9 Å². The molecule has 134 valence electrons. The number of nitrogens with zero attached hydrogens (tertiary/aromatic N) is 1. The fraction of sp³-hybridized carbons (Fsp3) is 0.235. The van der Waals surface area contributed by atoms with Crippen molar-refractivity contribution in [3.05, 3.63) is 59.1 Å². The van der Waals surface area contributed by atoms with Gasteiger partial charge in [0.25, 0.3) is 0 Å². The van der Waals surface area contributed by atoms with Gasteiger partial charge in [-0.15, -0.1) is 0 Å². The molecular formula is C17H19ClN2O4S. The first-order valence-electron chi connectivity index (χ1n) is 7.36. The van der Waals surface area contributed by atoms with Crippen molar-refractivity contribution in [2.75, 3.05) is 25.7 Å². The third-order valence-electron chi connectivity index (χ3n) is 3.67. The Labute approximate surface area is 152 Å². The van der Waals surface area contributed by atoms with Gasteiger partial charge >= 0.3 is 0 Å². The maximum absolute atomic E-state index is 12.9. The van der Waals surface area contributed by atoms with Gasteiger partial charge < -0.3 is 10.1 Å². The van der Waals surface area contributed by atoms with Gasteiger partial charge in [-0.1, -0.05) is 41.9 Å². The Bertz CT molecular complexity index is 856. The Balaban J connectivity index is 2.42. The zero-order valence-electron chi connectivity index (χ0n) is 14.1. The van der Waals surface area contributed by atoms with E-state index in [2.05, 4.69) is 5.32 Å². The van der Waals surface area contributed by atoms with Gasteiger partial charge in [-0.3, -0.25) is 4.79 Å². The summed E-state index contributed by atoms with van der Waals surface area (Å²) in [5.74, 6) is -0.0914. The van der Waals surface area contributed by atoms with Gasteiger partial charge in [-0.05, 0) is 23.8 Å². The summed E-state index contributed by atoms with van der Waals surface area (Å²) < 4.78 is 30.2. The minimum Gasteiger partial charge on any atom is -0.495 e. The van der Waals surface area contributed by atoms with Crippen LogP contribution < -0.4 is 10.1 Å². The maximum atomic E-state index is 12.9. The van der Waals surface area contributed by atoms with Crippen molar-refractivity contribution in [1.29, 1.82) is 0 Å². The van der Waals surface area contributed by atoms with Crippen LogP contribution in [0.3, 0.4) is 0 Å². The number of anilines is 1. The topological polar surface area (TPSA) is 75.7 Å². The van der Waals surface area contributed by atoms with E-state index < -0.39 is 22.0 Å². The summed E-state index contributed by atoms with van der Waals surface area (Å²) in [6.07, 6.45) is 1.05. The highest BCUT2D eigenvalue weighted by Gasteiger charge is 2.31. The third kappa shape index (κ3) is 4.72. The first-order valence-corrected chi connectivity index (χ1v) is 9.59. The van der Waals surface area contributed by atoms with E-state index in [4.69, 9.17) is 16.3 Å². The molecule has 1 amide bonds. The molecule has 0 aliphatic rings. The number of rotatable bonds is 6. The average Bonchev–Trinajstić information content (AvgIpc) is 2.55. The predicted molar refractivity (Wildman–Crippen MR) is 98.4 cm³/mol. The lowest BCUT2D eigenvalue weighted by Gasteiger charge is -2.26. The molecule has 0 radical (unpaired) electrons. The van der Waals surface area contributed by atoms with Crippen LogP contribution in [-0.4, -0.2) is 39.0 Å². The molecule has 0 unspecified atom stereocenters. The smallest absolute Gasteiger partial charge is 0.247 e. The highest BCUT2D eigenvalue weighted by molar-refractivity contribution is 7.88. The zero-order chi connectivity index (χ0) is 18.6. The van der Waals surface area contributed by atoms with Crippen molar-refractivity contribution in [2.24, 2.45) is 0 Å². The third-order valence-corrected chi connectivity index (χ3v) is 5.16. The lowest BCUT2D eigenvalue weighted by atomic mass is 10.1. The molecule has 0 aliphatic heterocycles. The number of benzene rings is 2. The summed E-state index contributed by atoms with van der Waals surface area (Å²) in [4.78, 5) is 12.9. The Morgan fingerprint density at radius 1 is 1.20 bits per heavy atom. The number of carbonyl (C=O) groups excluding carboxylic acids is 1. The number of sulfonamides is 1. The van der Waals surface area contributed by atoms with E-state index in [0.29, 0.717) is 22.0 Å². The van der Waals surface area contributed by atoms with Crippen molar-refractivity contribution in [2.45, 2.75) is 6.04 Å². The molecule has 1 N–H and O–H groups in total. The highest BCUT2D eigenvalue weighted by Crippen LogP contribution is 2.30. The Hall–Kier alpha value is -2.09. The molecule has 0 saturated heterocycles. The fourth-order valence-corrected chi connectivity index (χ4v) is 3.10. The Morgan fingerprint density at radius 3 is 2.40 bits per heavy atom. The first-order chi connectivity index (χ1) is 11.7. The quantitative estimate of drug-likeness (QED) is 0.833. The minimum absolute atomic E-state index is 0.364. The maximum Gasteiger partial charge on any atom is 0.247 e. The molecule has 25 heavy (non-hydrogen) atoms. The van der Waals surface area contributed by atoms with Gasteiger partial charge in [0.15, 0.2) is 0 Å². The molecule has 0 spiro atoms. The number of methoxy groups -OCH3 is 1. The molecule has 6 nitrogen and oxygen atoms in total. The number of likely N-dealkylation sites (N-methyl/N-ethyl adjacent to an activating group) is 1. The number of nitrogens with one attached hydrogen (secondary N) is 1. The van der Waals surface area contributed by atoms with Gasteiger partial charge in [-0.25, -0.2) is 8.42 Å². The van der Waals surface area contributed by atoms with E-state index in [0.717, 1.165) is 10.6 Å². The molecule has 2 aromatic rings. The summed E-state index contributed by atoms with van der Waals surface area (Å²) >= 11 is 5.98. The largest absolute Gasteiger partial charge is 0.495 e. The van der Waals surface area contributed by atoms with E-state index in [1.165, 1.54) is 14.2 Å². The van der Waals surface area contributed by atoms with Gasteiger partial charge in [-0.2, -0.15) is 4.31 Å². The van der Waals surface area contributed by atoms with Crippen LogP contribution in [0.2, 0.25) is 5.02 Å². The molecule has 2 rings (SSSR count). The molecule has 2 aromatic carbocycles. The summed E-state index contributed by atoms with van der Waals surface area (Å²) in [7, 11) is -0.765.